The van der Waals surface area contributed by atoms with Crippen LogP contribution < -0.4 is 0 Å². The predicted octanol–water partition coefficient (Wildman–Crippen LogP) is 5.21. The number of fused-ring (bicyclic) bond motifs is 1. The summed E-state index contributed by atoms with van der Waals surface area (Å²) < 4.78 is 0. The van der Waals surface area contributed by atoms with Crippen molar-refractivity contribution in [3.63, 3.8) is 0 Å². The maximum Gasteiger partial charge on any atom is 0.0609 e. The van der Waals surface area contributed by atoms with Crippen molar-refractivity contribution in [1.82, 2.24) is 4.90 Å². The summed E-state index contributed by atoms with van der Waals surface area (Å²) in [6.45, 7) is 8.04. The molecule has 144 valence electrons. The maximum absolute atomic E-state index is 10.9. The van der Waals surface area contributed by atoms with E-state index in [1.807, 2.05) is 0 Å². The Morgan fingerprint density at radius 1 is 0.963 bits per heavy atom. The minimum absolute atomic E-state index is 0.0480. The first kappa shape index (κ1) is 18.7. The van der Waals surface area contributed by atoms with Gasteiger partial charge in [0.25, 0.3) is 0 Å². The standard InChI is InChI=1S/C25H33NO/c1-18-13-14-22(23(27)17-18)25(2,3)26-16-15-19-9-7-8-12-21(19)24(26)20-10-5-4-6-11-20/h4-12,18,22-24,27H,13-17H2,1-3H3/t18-,22-,23-,24+/m0/s1. The Bertz CT molecular complexity index is 769. The van der Waals surface area contributed by atoms with Crippen molar-refractivity contribution in [3.05, 3.63) is 71.3 Å². The number of rotatable bonds is 3. The Hall–Kier alpha value is -1.64. The molecule has 1 aliphatic carbocycles. The molecule has 0 radical (unpaired) electrons. The predicted molar refractivity (Wildman–Crippen MR) is 112 cm³/mol. The van der Waals surface area contributed by atoms with Crippen LogP contribution in [0.5, 0.6) is 0 Å². The number of aliphatic hydroxyl groups is 1. The van der Waals surface area contributed by atoms with Crippen LogP contribution in [0.2, 0.25) is 0 Å². The lowest BCUT2D eigenvalue weighted by atomic mass is 9.69. The summed E-state index contributed by atoms with van der Waals surface area (Å²) in [4.78, 5) is 2.68. The van der Waals surface area contributed by atoms with E-state index in [2.05, 4.69) is 80.3 Å². The van der Waals surface area contributed by atoms with Crippen LogP contribution in [0.4, 0.5) is 0 Å². The number of hydrogen-bond acceptors (Lipinski definition) is 2. The third-order valence-electron chi connectivity index (χ3n) is 7.13. The Balaban J connectivity index is 1.74. The van der Waals surface area contributed by atoms with Crippen molar-refractivity contribution in [1.29, 1.82) is 0 Å². The van der Waals surface area contributed by atoms with Crippen LogP contribution in [-0.4, -0.2) is 28.2 Å². The van der Waals surface area contributed by atoms with Gasteiger partial charge in [-0.1, -0.05) is 67.9 Å². The molecular weight excluding hydrogens is 330 g/mol. The molecular formula is C25H33NO. The van der Waals surface area contributed by atoms with Crippen molar-refractivity contribution >= 4 is 0 Å². The molecule has 2 aromatic rings. The molecule has 2 aliphatic rings. The number of hydrogen-bond donors (Lipinski definition) is 1. The van der Waals surface area contributed by atoms with E-state index >= 15 is 0 Å². The fraction of sp³-hybridized carbons (Fsp3) is 0.520. The maximum atomic E-state index is 10.9. The quantitative estimate of drug-likeness (QED) is 0.809. The molecule has 0 aromatic heterocycles. The summed E-state index contributed by atoms with van der Waals surface area (Å²) in [5.74, 6) is 0.962. The van der Waals surface area contributed by atoms with Gasteiger partial charge in [0.05, 0.1) is 12.1 Å². The zero-order valence-corrected chi connectivity index (χ0v) is 16.9. The average Bonchev–Trinajstić information content (AvgIpc) is 2.67. The minimum Gasteiger partial charge on any atom is -0.393 e. The summed E-state index contributed by atoms with van der Waals surface area (Å²) >= 11 is 0. The highest BCUT2D eigenvalue weighted by Crippen LogP contribution is 2.45. The van der Waals surface area contributed by atoms with Crippen LogP contribution >= 0.6 is 0 Å². The van der Waals surface area contributed by atoms with Crippen molar-refractivity contribution in [3.8, 4) is 0 Å². The lowest BCUT2D eigenvalue weighted by molar-refractivity contribution is -0.0575. The molecule has 1 heterocycles. The van der Waals surface area contributed by atoms with Crippen molar-refractivity contribution < 1.29 is 5.11 Å². The molecule has 2 nitrogen and oxygen atoms in total. The Morgan fingerprint density at radius 2 is 1.67 bits per heavy atom. The molecule has 1 fully saturated rings. The molecule has 0 bridgehead atoms. The van der Waals surface area contributed by atoms with Gasteiger partial charge in [-0.25, -0.2) is 0 Å². The van der Waals surface area contributed by atoms with E-state index in [4.69, 9.17) is 0 Å². The first-order chi connectivity index (χ1) is 13.0. The topological polar surface area (TPSA) is 23.5 Å². The van der Waals surface area contributed by atoms with Gasteiger partial charge in [-0.15, -0.1) is 0 Å². The molecule has 1 aliphatic heterocycles. The summed E-state index contributed by atoms with van der Waals surface area (Å²) in [6.07, 6.45) is 4.18. The summed E-state index contributed by atoms with van der Waals surface area (Å²) in [6, 6.07) is 20.1. The van der Waals surface area contributed by atoms with Gasteiger partial charge in [-0.05, 0) is 55.7 Å². The Morgan fingerprint density at radius 3 is 2.41 bits per heavy atom. The van der Waals surface area contributed by atoms with E-state index < -0.39 is 0 Å². The fourth-order valence-electron chi connectivity index (χ4n) is 5.57. The fourth-order valence-corrected chi connectivity index (χ4v) is 5.57. The zero-order chi connectivity index (χ0) is 19.0. The largest absolute Gasteiger partial charge is 0.393 e. The summed E-state index contributed by atoms with van der Waals surface area (Å²) in [5, 5.41) is 10.9. The van der Waals surface area contributed by atoms with Crippen LogP contribution in [0.25, 0.3) is 0 Å². The molecule has 4 atom stereocenters. The van der Waals surface area contributed by atoms with Gasteiger partial charge < -0.3 is 5.11 Å². The van der Waals surface area contributed by atoms with E-state index in [0.717, 1.165) is 25.8 Å². The first-order valence-corrected chi connectivity index (χ1v) is 10.6. The van der Waals surface area contributed by atoms with Crippen molar-refractivity contribution in [2.75, 3.05) is 6.54 Å². The third kappa shape index (κ3) is 3.46. The second-order valence-electron chi connectivity index (χ2n) is 9.20. The van der Waals surface area contributed by atoms with Gasteiger partial charge in [0.2, 0.25) is 0 Å². The molecule has 2 aromatic carbocycles. The van der Waals surface area contributed by atoms with Gasteiger partial charge in [0, 0.05) is 18.0 Å². The van der Waals surface area contributed by atoms with Gasteiger partial charge >= 0.3 is 0 Å². The second-order valence-corrected chi connectivity index (χ2v) is 9.20. The highest BCUT2D eigenvalue weighted by atomic mass is 16.3. The highest BCUT2D eigenvalue weighted by Gasteiger charge is 2.45. The van der Waals surface area contributed by atoms with E-state index in [1.54, 1.807) is 0 Å². The van der Waals surface area contributed by atoms with Crippen LogP contribution in [0.15, 0.2) is 54.6 Å². The molecule has 4 rings (SSSR count). The van der Waals surface area contributed by atoms with Gasteiger partial charge in [0.1, 0.15) is 0 Å². The summed E-state index contributed by atoms with van der Waals surface area (Å²) in [5.41, 5.74) is 4.21. The smallest absolute Gasteiger partial charge is 0.0609 e. The molecule has 2 heteroatoms. The SMILES string of the molecule is C[C@H]1CC[C@H](C(C)(C)N2CCc3ccccc3[C@H]2c2ccccc2)[C@@H](O)C1. The lowest BCUT2D eigenvalue weighted by Gasteiger charge is -2.53. The third-order valence-corrected chi connectivity index (χ3v) is 7.13. The van der Waals surface area contributed by atoms with Crippen molar-refractivity contribution in [2.24, 2.45) is 11.8 Å². The molecule has 0 amide bonds. The number of benzene rings is 2. The van der Waals surface area contributed by atoms with E-state index in [1.165, 1.54) is 23.1 Å². The molecule has 0 unspecified atom stereocenters. The van der Waals surface area contributed by atoms with Gasteiger partial charge in [0.15, 0.2) is 0 Å². The van der Waals surface area contributed by atoms with Crippen LogP contribution in [-0.2, 0) is 6.42 Å². The van der Waals surface area contributed by atoms with Crippen LogP contribution in [0.1, 0.15) is 62.8 Å². The number of nitrogens with zero attached hydrogens (tertiary/aromatic N) is 1. The van der Waals surface area contributed by atoms with Gasteiger partial charge in [-0.3, -0.25) is 4.90 Å². The average molecular weight is 364 g/mol. The molecule has 0 saturated heterocycles. The lowest BCUT2D eigenvalue weighted by Crippen LogP contribution is -2.57. The van der Waals surface area contributed by atoms with Crippen molar-refractivity contribution in [2.45, 2.75) is 64.1 Å². The first-order valence-electron chi connectivity index (χ1n) is 10.6. The minimum atomic E-state index is -0.197. The Labute approximate surface area is 164 Å². The monoisotopic (exact) mass is 363 g/mol. The van der Waals surface area contributed by atoms with Crippen LogP contribution in [0, 0.1) is 11.8 Å². The molecule has 27 heavy (non-hydrogen) atoms. The van der Waals surface area contributed by atoms with E-state index in [-0.39, 0.29) is 17.7 Å². The molecule has 1 saturated carbocycles. The molecule has 1 N–H and O–H groups in total. The summed E-state index contributed by atoms with van der Waals surface area (Å²) in [7, 11) is 0. The van der Waals surface area contributed by atoms with E-state index in [9.17, 15) is 5.11 Å². The Kier molecular flexibility index (Phi) is 5.13. The molecule has 0 spiro atoms. The zero-order valence-electron chi connectivity index (χ0n) is 16.9. The van der Waals surface area contributed by atoms with E-state index in [0.29, 0.717) is 11.8 Å². The number of aliphatic hydroxyl groups excluding tert-OH is 1. The van der Waals surface area contributed by atoms with Gasteiger partial charge in [-0.2, -0.15) is 0 Å². The van der Waals surface area contributed by atoms with Crippen LogP contribution in [0.3, 0.4) is 0 Å². The highest BCUT2D eigenvalue weighted by molar-refractivity contribution is 5.40. The normalized spacial score (nSPS) is 29.3. The second kappa shape index (κ2) is 7.41.